The molecule has 0 amide bonds. The molecule has 1 atom stereocenters. The summed E-state index contributed by atoms with van der Waals surface area (Å²) < 4.78 is 0. The summed E-state index contributed by atoms with van der Waals surface area (Å²) in [5, 5.41) is 0. The van der Waals surface area contributed by atoms with Crippen LogP contribution in [0, 0.1) is 11.8 Å². The SMILES string of the molecule is C1#CC[C@@H](c2ccncc2)CN=C1. The van der Waals surface area contributed by atoms with Gasteiger partial charge in [0.15, 0.2) is 0 Å². The van der Waals surface area contributed by atoms with Gasteiger partial charge in [0, 0.05) is 31.3 Å². The van der Waals surface area contributed by atoms with E-state index < -0.39 is 0 Å². The first-order valence-corrected chi connectivity index (χ1v) is 4.33. The molecule has 2 heterocycles. The van der Waals surface area contributed by atoms with Crippen molar-refractivity contribution >= 4 is 6.21 Å². The van der Waals surface area contributed by atoms with Crippen LogP contribution in [0.5, 0.6) is 0 Å². The first kappa shape index (κ1) is 8.00. The third kappa shape index (κ3) is 1.94. The fraction of sp³-hybridized carbons (Fsp3) is 0.273. The Morgan fingerprint density at radius 1 is 1.31 bits per heavy atom. The van der Waals surface area contributed by atoms with E-state index in [-0.39, 0.29) is 0 Å². The molecule has 0 radical (unpaired) electrons. The normalized spacial score (nSPS) is 20.2. The van der Waals surface area contributed by atoms with Gasteiger partial charge in [-0.2, -0.15) is 0 Å². The summed E-state index contributed by atoms with van der Waals surface area (Å²) in [7, 11) is 0. The predicted octanol–water partition coefficient (Wildman–Crippen LogP) is 1.64. The maximum absolute atomic E-state index is 4.21. The van der Waals surface area contributed by atoms with E-state index in [1.165, 1.54) is 5.56 Å². The molecule has 13 heavy (non-hydrogen) atoms. The van der Waals surface area contributed by atoms with E-state index in [2.05, 4.69) is 21.8 Å². The molecule has 2 nitrogen and oxygen atoms in total. The minimum absolute atomic E-state index is 0.439. The Morgan fingerprint density at radius 2 is 2.15 bits per heavy atom. The lowest BCUT2D eigenvalue weighted by atomic mass is 9.97. The van der Waals surface area contributed by atoms with E-state index in [1.54, 1.807) is 6.21 Å². The lowest BCUT2D eigenvalue weighted by Crippen LogP contribution is -2.01. The van der Waals surface area contributed by atoms with Gasteiger partial charge in [0.1, 0.15) is 0 Å². The van der Waals surface area contributed by atoms with Crippen LogP contribution in [0.2, 0.25) is 0 Å². The second kappa shape index (κ2) is 3.86. The van der Waals surface area contributed by atoms with Crippen molar-refractivity contribution in [2.75, 3.05) is 6.54 Å². The molecule has 0 aliphatic carbocycles. The van der Waals surface area contributed by atoms with Gasteiger partial charge in [0.25, 0.3) is 0 Å². The van der Waals surface area contributed by atoms with Gasteiger partial charge >= 0.3 is 0 Å². The van der Waals surface area contributed by atoms with Gasteiger partial charge in [-0.3, -0.25) is 9.98 Å². The Kier molecular flexibility index (Phi) is 2.38. The van der Waals surface area contributed by atoms with Crippen LogP contribution < -0.4 is 0 Å². The van der Waals surface area contributed by atoms with Crippen LogP contribution in [-0.4, -0.2) is 17.7 Å². The van der Waals surface area contributed by atoms with E-state index in [9.17, 15) is 0 Å². The molecule has 0 spiro atoms. The van der Waals surface area contributed by atoms with E-state index in [1.807, 2.05) is 24.5 Å². The zero-order chi connectivity index (χ0) is 8.93. The number of rotatable bonds is 1. The number of aliphatic imine (C=N–C) groups is 1. The van der Waals surface area contributed by atoms with Gasteiger partial charge < -0.3 is 0 Å². The number of hydrogen-bond acceptors (Lipinski definition) is 2. The molecule has 0 aromatic carbocycles. The van der Waals surface area contributed by atoms with Gasteiger partial charge in [-0.25, -0.2) is 0 Å². The highest BCUT2D eigenvalue weighted by atomic mass is 14.7. The molecule has 2 rings (SSSR count). The molecule has 0 fully saturated rings. The predicted molar refractivity (Wildman–Crippen MR) is 52.7 cm³/mol. The zero-order valence-corrected chi connectivity index (χ0v) is 7.27. The minimum atomic E-state index is 0.439. The van der Waals surface area contributed by atoms with Crippen molar-refractivity contribution in [3.8, 4) is 11.8 Å². The molecule has 0 N–H and O–H groups in total. The largest absolute Gasteiger partial charge is 0.284 e. The van der Waals surface area contributed by atoms with Crippen molar-refractivity contribution in [1.82, 2.24) is 4.98 Å². The second-order valence-corrected chi connectivity index (χ2v) is 3.00. The summed E-state index contributed by atoms with van der Waals surface area (Å²) in [4.78, 5) is 8.20. The highest BCUT2D eigenvalue weighted by Gasteiger charge is 2.09. The van der Waals surface area contributed by atoms with Crippen LogP contribution in [0.25, 0.3) is 0 Å². The Morgan fingerprint density at radius 3 is 3.00 bits per heavy atom. The minimum Gasteiger partial charge on any atom is -0.284 e. The fourth-order valence-electron chi connectivity index (χ4n) is 1.38. The van der Waals surface area contributed by atoms with Gasteiger partial charge in [0.2, 0.25) is 0 Å². The summed E-state index contributed by atoms with van der Waals surface area (Å²) >= 11 is 0. The summed E-state index contributed by atoms with van der Waals surface area (Å²) in [6.45, 7) is 0.823. The monoisotopic (exact) mass is 170 g/mol. The lowest BCUT2D eigenvalue weighted by molar-refractivity contribution is 0.726. The Balaban J connectivity index is 2.19. The van der Waals surface area contributed by atoms with Crippen molar-refractivity contribution in [1.29, 1.82) is 0 Å². The quantitative estimate of drug-likeness (QED) is 0.588. The number of aromatic nitrogens is 1. The molecule has 1 aliphatic heterocycles. The zero-order valence-electron chi connectivity index (χ0n) is 7.27. The second-order valence-electron chi connectivity index (χ2n) is 3.00. The van der Waals surface area contributed by atoms with Crippen LogP contribution >= 0.6 is 0 Å². The molecule has 0 bridgehead atoms. The molecule has 1 aromatic heterocycles. The Labute approximate surface area is 77.7 Å². The van der Waals surface area contributed by atoms with Crippen molar-refractivity contribution in [2.45, 2.75) is 12.3 Å². The van der Waals surface area contributed by atoms with E-state index in [0.29, 0.717) is 5.92 Å². The molecule has 0 unspecified atom stereocenters. The van der Waals surface area contributed by atoms with Crippen LogP contribution in [0.3, 0.4) is 0 Å². The Hall–Kier alpha value is -1.62. The number of hydrogen-bond donors (Lipinski definition) is 0. The third-order valence-corrected chi connectivity index (χ3v) is 2.11. The average Bonchev–Trinajstić information content (AvgIpc) is 2.47. The standard InChI is InChI=1S/C11H10N2/c1-2-6-13-9-11(3-1)10-4-7-12-8-5-10/h4-8,11H,3,9H2/t11-/m1/s1. The topological polar surface area (TPSA) is 25.2 Å². The average molecular weight is 170 g/mol. The number of nitrogens with zero attached hydrogens (tertiary/aromatic N) is 2. The van der Waals surface area contributed by atoms with E-state index in [4.69, 9.17) is 0 Å². The summed E-state index contributed by atoms with van der Waals surface area (Å²) in [5.74, 6) is 6.40. The maximum atomic E-state index is 4.21. The first-order chi connectivity index (χ1) is 6.47. The van der Waals surface area contributed by atoms with Crippen LogP contribution in [0.1, 0.15) is 17.9 Å². The van der Waals surface area contributed by atoms with Gasteiger partial charge in [-0.1, -0.05) is 11.8 Å². The van der Waals surface area contributed by atoms with Crippen LogP contribution in [0.15, 0.2) is 29.5 Å². The molecule has 1 aliphatic rings. The molecule has 0 saturated heterocycles. The van der Waals surface area contributed by atoms with Crippen molar-refractivity contribution < 1.29 is 0 Å². The van der Waals surface area contributed by atoms with Gasteiger partial charge in [-0.15, -0.1) is 0 Å². The molecule has 64 valence electrons. The number of pyridine rings is 1. The Bertz CT molecular complexity index is 357. The summed E-state index contributed by atoms with van der Waals surface area (Å²) in [6, 6.07) is 4.07. The van der Waals surface area contributed by atoms with Crippen molar-refractivity contribution in [3.63, 3.8) is 0 Å². The smallest absolute Gasteiger partial charge is 0.0711 e. The third-order valence-electron chi connectivity index (χ3n) is 2.11. The first-order valence-electron chi connectivity index (χ1n) is 4.33. The molecule has 0 saturated carbocycles. The molecule has 2 heteroatoms. The van der Waals surface area contributed by atoms with Crippen molar-refractivity contribution in [3.05, 3.63) is 30.1 Å². The van der Waals surface area contributed by atoms with Gasteiger partial charge in [-0.05, 0) is 17.7 Å². The molecular formula is C11H10N2. The highest BCUT2D eigenvalue weighted by molar-refractivity contribution is 5.78. The summed E-state index contributed by atoms with van der Waals surface area (Å²) in [6.07, 6.45) is 6.22. The maximum Gasteiger partial charge on any atom is 0.0711 e. The van der Waals surface area contributed by atoms with Gasteiger partial charge in [0.05, 0.1) is 6.21 Å². The fourth-order valence-corrected chi connectivity index (χ4v) is 1.38. The molecular weight excluding hydrogens is 160 g/mol. The van der Waals surface area contributed by atoms with E-state index >= 15 is 0 Å². The van der Waals surface area contributed by atoms with Crippen LogP contribution in [0.4, 0.5) is 0 Å². The van der Waals surface area contributed by atoms with Crippen molar-refractivity contribution in [2.24, 2.45) is 4.99 Å². The van der Waals surface area contributed by atoms with Crippen LogP contribution in [-0.2, 0) is 0 Å². The molecule has 1 aromatic rings. The summed E-state index contributed by atoms with van der Waals surface area (Å²) in [5.41, 5.74) is 1.28. The lowest BCUT2D eigenvalue weighted by Gasteiger charge is -2.09. The van der Waals surface area contributed by atoms with E-state index in [0.717, 1.165) is 13.0 Å². The highest BCUT2D eigenvalue weighted by Crippen LogP contribution is 2.19.